The van der Waals surface area contributed by atoms with Crippen LogP contribution in [0, 0.1) is 0 Å². The third-order valence-corrected chi connectivity index (χ3v) is 2.81. The lowest BCUT2D eigenvalue weighted by atomic mass is 10.1. The van der Waals surface area contributed by atoms with E-state index < -0.39 is 0 Å². The molecule has 5 nitrogen and oxygen atoms in total. The van der Waals surface area contributed by atoms with Gasteiger partial charge in [-0.05, 0) is 13.8 Å². The predicted molar refractivity (Wildman–Crippen MR) is 69.1 cm³/mol. The molecule has 2 heterocycles. The van der Waals surface area contributed by atoms with Gasteiger partial charge in [0.25, 0.3) is 0 Å². The summed E-state index contributed by atoms with van der Waals surface area (Å²) >= 11 is 0. The zero-order valence-electron chi connectivity index (χ0n) is 10.1. The van der Waals surface area contributed by atoms with E-state index in [1.807, 2.05) is 25.0 Å². The molecule has 0 fully saturated rings. The Kier molecular flexibility index (Phi) is 4.72. The van der Waals surface area contributed by atoms with Crippen molar-refractivity contribution >= 4 is 12.4 Å². The molecule has 0 unspecified atom stereocenters. The fourth-order valence-electron chi connectivity index (χ4n) is 1.86. The molecule has 0 aliphatic rings. The van der Waals surface area contributed by atoms with Crippen molar-refractivity contribution in [2.75, 3.05) is 0 Å². The second-order valence-electron chi connectivity index (χ2n) is 3.69. The minimum atomic E-state index is -0.162. The first-order valence-corrected chi connectivity index (χ1v) is 5.53. The molecule has 2 aromatic heterocycles. The molecular weight excluding hydrogens is 238 g/mol. The van der Waals surface area contributed by atoms with Crippen molar-refractivity contribution in [3.63, 3.8) is 0 Å². The van der Waals surface area contributed by atoms with Gasteiger partial charge in [0.05, 0.1) is 42.5 Å². The number of hydrogen-bond acceptors (Lipinski definition) is 3. The van der Waals surface area contributed by atoms with Crippen molar-refractivity contribution in [3.8, 4) is 0 Å². The fraction of sp³-hybridized carbons (Fsp3) is 0.455. The molecule has 0 saturated heterocycles. The Morgan fingerprint density at radius 1 is 1.06 bits per heavy atom. The van der Waals surface area contributed by atoms with Crippen LogP contribution in [-0.4, -0.2) is 19.1 Å². The second kappa shape index (κ2) is 5.84. The molecule has 2 aromatic rings. The largest absolute Gasteiger partial charge is 0.333 e. The molecule has 0 bridgehead atoms. The first-order valence-electron chi connectivity index (χ1n) is 5.53. The maximum Gasteiger partial charge on any atom is 0.0948 e. The van der Waals surface area contributed by atoms with Crippen LogP contribution < -0.4 is 5.73 Å². The SMILES string of the molecule is CCn1cncc1C(N)c1cncn1CC.Cl. The molecule has 2 N–H and O–H groups in total. The van der Waals surface area contributed by atoms with Gasteiger partial charge in [0.2, 0.25) is 0 Å². The van der Waals surface area contributed by atoms with E-state index in [9.17, 15) is 0 Å². The van der Waals surface area contributed by atoms with Crippen LogP contribution in [0.1, 0.15) is 31.3 Å². The molecular formula is C11H18ClN5. The number of nitrogens with two attached hydrogens (primary N) is 1. The normalized spacial score (nSPS) is 10.6. The fourth-order valence-corrected chi connectivity index (χ4v) is 1.86. The third kappa shape index (κ3) is 2.50. The van der Waals surface area contributed by atoms with E-state index in [1.165, 1.54) is 0 Å². The standard InChI is InChI=1S/C11H17N5.ClH/c1-3-15-7-13-5-9(15)11(12)10-6-14-8-16(10)4-2;/h5-8,11H,3-4,12H2,1-2H3;1H. The summed E-state index contributed by atoms with van der Waals surface area (Å²) in [7, 11) is 0. The molecule has 0 radical (unpaired) electrons. The molecule has 0 atom stereocenters. The molecule has 2 rings (SSSR count). The van der Waals surface area contributed by atoms with E-state index in [1.54, 1.807) is 0 Å². The zero-order chi connectivity index (χ0) is 11.5. The Morgan fingerprint density at radius 2 is 1.47 bits per heavy atom. The van der Waals surface area contributed by atoms with Gasteiger partial charge in [0.1, 0.15) is 0 Å². The predicted octanol–water partition coefficient (Wildman–Crippen LogP) is 1.59. The molecule has 0 amide bonds. The molecule has 6 heteroatoms. The molecule has 0 spiro atoms. The molecule has 0 saturated carbocycles. The summed E-state index contributed by atoms with van der Waals surface area (Å²) in [5, 5.41) is 0. The second-order valence-corrected chi connectivity index (χ2v) is 3.69. The quantitative estimate of drug-likeness (QED) is 0.903. The van der Waals surface area contributed by atoms with Crippen LogP contribution in [0.15, 0.2) is 25.0 Å². The van der Waals surface area contributed by atoms with Crippen LogP contribution in [0.4, 0.5) is 0 Å². The summed E-state index contributed by atoms with van der Waals surface area (Å²) in [5.41, 5.74) is 8.29. The average Bonchev–Trinajstić information content (AvgIpc) is 2.96. The Labute approximate surface area is 107 Å². The summed E-state index contributed by atoms with van der Waals surface area (Å²) in [5.74, 6) is 0. The summed E-state index contributed by atoms with van der Waals surface area (Å²) < 4.78 is 4.11. The summed E-state index contributed by atoms with van der Waals surface area (Å²) in [4.78, 5) is 8.27. The van der Waals surface area contributed by atoms with E-state index in [4.69, 9.17) is 5.73 Å². The highest BCUT2D eigenvalue weighted by atomic mass is 35.5. The van der Waals surface area contributed by atoms with E-state index in [0.29, 0.717) is 0 Å². The van der Waals surface area contributed by atoms with Crippen molar-refractivity contribution in [3.05, 3.63) is 36.4 Å². The van der Waals surface area contributed by atoms with Crippen LogP contribution >= 0.6 is 12.4 Å². The van der Waals surface area contributed by atoms with E-state index >= 15 is 0 Å². The smallest absolute Gasteiger partial charge is 0.0948 e. The molecule has 17 heavy (non-hydrogen) atoms. The van der Waals surface area contributed by atoms with Crippen LogP contribution in [0.2, 0.25) is 0 Å². The van der Waals surface area contributed by atoms with Crippen molar-refractivity contribution in [2.24, 2.45) is 5.73 Å². The Morgan fingerprint density at radius 3 is 1.82 bits per heavy atom. The van der Waals surface area contributed by atoms with Gasteiger partial charge >= 0.3 is 0 Å². The highest BCUT2D eigenvalue weighted by molar-refractivity contribution is 5.85. The average molecular weight is 256 g/mol. The highest BCUT2D eigenvalue weighted by Gasteiger charge is 2.16. The Balaban J connectivity index is 0.00000144. The first kappa shape index (κ1) is 13.7. The number of imidazole rings is 2. The summed E-state index contributed by atoms with van der Waals surface area (Å²) in [6.07, 6.45) is 7.26. The lowest BCUT2D eigenvalue weighted by molar-refractivity contribution is 0.625. The van der Waals surface area contributed by atoms with Gasteiger partial charge < -0.3 is 14.9 Å². The lowest BCUT2D eigenvalue weighted by Gasteiger charge is -2.15. The number of rotatable bonds is 4. The van der Waals surface area contributed by atoms with Gasteiger partial charge in [0.15, 0.2) is 0 Å². The van der Waals surface area contributed by atoms with Crippen LogP contribution in [0.3, 0.4) is 0 Å². The van der Waals surface area contributed by atoms with Gasteiger partial charge in [0, 0.05) is 13.1 Å². The summed E-state index contributed by atoms with van der Waals surface area (Å²) in [6.45, 7) is 5.91. The van der Waals surface area contributed by atoms with Crippen LogP contribution in [-0.2, 0) is 13.1 Å². The van der Waals surface area contributed by atoms with Crippen molar-refractivity contribution in [1.29, 1.82) is 0 Å². The number of hydrogen-bond donors (Lipinski definition) is 1. The minimum Gasteiger partial charge on any atom is -0.333 e. The number of halogens is 1. The maximum absolute atomic E-state index is 6.24. The molecule has 94 valence electrons. The Bertz CT molecular complexity index is 420. The number of nitrogens with zero attached hydrogens (tertiary/aromatic N) is 4. The van der Waals surface area contributed by atoms with Crippen molar-refractivity contribution in [1.82, 2.24) is 19.1 Å². The summed E-state index contributed by atoms with van der Waals surface area (Å²) in [6, 6.07) is -0.162. The van der Waals surface area contributed by atoms with Crippen LogP contribution in [0.25, 0.3) is 0 Å². The first-order chi connectivity index (χ1) is 7.77. The number of aromatic nitrogens is 4. The Hall–Kier alpha value is -1.33. The highest BCUT2D eigenvalue weighted by Crippen LogP contribution is 2.18. The molecule has 0 aliphatic heterocycles. The van der Waals surface area contributed by atoms with Gasteiger partial charge in [-0.25, -0.2) is 9.97 Å². The van der Waals surface area contributed by atoms with Crippen molar-refractivity contribution in [2.45, 2.75) is 33.0 Å². The molecule has 0 aliphatic carbocycles. The number of aryl methyl sites for hydroxylation is 2. The van der Waals surface area contributed by atoms with Gasteiger partial charge in [-0.15, -0.1) is 12.4 Å². The molecule has 0 aromatic carbocycles. The van der Waals surface area contributed by atoms with Gasteiger partial charge in [-0.3, -0.25) is 0 Å². The third-order valence-electron chi connectivity index (χ3n) is 2.81. The lowest BCUT2D eigenvalue weighted by Crippen LogP contribution is -2.19. The van der Waals surface area contributed by atoms with E-state index in [-0.39, 0.29) is 18.4 Å². The van der Waals surface area contributed by atoms with E-state index in [0.717, 1.165) is 24.5 Å². The van der Waals surface area contributed by atoms with Gasteiger partial charge in [-0.1, -0.05) is 0 Å². The topological polar surface area (TPSA) is 61.7 Å². The van der Waals surface area contributed by atoms with E-state index in [2.05, 4.69) is 32.9 Å². The minimum absolute atomic E-state index is 0. The van der Waals surface area contributed by atoms with Gasteiger partial charge in [-0.2, -0.15) is 0 Å². The zero-order valence-corrected chi connectivity index (χ0v) is 10.9. The van der Waals surface area contributed by atoms with Crippen molar-refractivity contribution < 1.29 is 0 Å². The maximum atomic E-state index is 6.24. The van der Waals surface area contributed by atoms with Crippen LogP contribution in [0.5, 0.6) is 0 Å². The monoisotopic (exact) mass is 255 g/mol.